The van der Waals surface area contributed by atoms with Crippen molar-refractivity contribution < 1.29 is 12.3 Å². The summed E-state index contributed by atoms with van der Waals surface area (Å²) in [5.41, 5.74) is 1.76. The lowest BCUT2D eigenvalue weighted by Gasteiger charge is -2.15. The van der Waals surface area contributed by atoms with Gasteiger partial charge in [0.2, 0.25) is 0 Å². The van der Waals surface area contributed by atoms with Crippen LogP contribution in [-0.4, -0.2) is 12.7 Å². The summed E-state index contributed by atoms with van der Waals surface area (Å²) in [6, 6.07) is 6.88. The normalized spacial score (nSPS) is 22.3. The summed E-state index contributed by atoms with van der Waals surface area (Å²) in [5.74, 6) is 0. The third-order valence-corrected chi connectivity index (χ3v) is 3.55. The first-order valence-corrected chi connectivity index (χ1v) is 5.63. The number of rotatable bonds is 1. The molecule has 1 aliphatic heterocycles. The molecule has 0 bridgehead atoms. The second kappa shape index (κ2) is 3.03. The minimum atomic E-state index is -4.59. The second-order valence-electron chi connectivity index (χ2n) is 3.36. The Labute approximate surface area is 82.5 Å². The minimum absolute atomic E-state index is 0.135. The Morgan fingerprint density at radius 1 is 1.43 bits per heavy atom. The van der Waals surface area contributed by atoms with E-state index < -0.39 is 16.5 Å². The Kier molecular flexibility index (Phi) is 2.08. The van der Waals surface area contributed by atoms with Crippen LogP contribution in [0.25, 0.3) is 0 Å². The van der Waals surface area contributed by atoms with Gasteiger partial charge in [-0.25, -0.2) is 0 Å². The van der Waals surface area contributed by atoms with Crippen LogP contribution in [0.5, 0.6) is 0 Å². The molecule has 1 unspecified atom stereocenters. The van der Waals surface area contributed by atoms with Crippen molar-refractivity contribution in [1.29, 1.82) is 0 Å². The molecule has 0 aromatic heterocycles. The number of fused-ring (bicyclic) bond motifs is 1. The number of halogens is 1. The molecular formula is C9H10FNO2S. The van der Waals surface area contributed by atoms with Crippen molar-refractivity contribution >= 4 is 10.4 Å². The highest BCUT2D eigenvalue weighted by atomic mass is 32.3. The molecule has 1 heterocycles. The summed E-state index contributed by atoms with van der Waals surface area (Å²) < 4.78 is 35.2. The molecular weight excluding hydrogens is 205 g/mol. The maximum atomic E-state index is 12.8. The van der Waals surface area contributed by atoms with Crippen LogP contribution in [0.1, 0.15) is 24.1 Å². The van der Waals surface area contributed by atoms with Gasteiger partial charge in [-0.05, 0) is 18.1 Å². The molecule has 0 saturated heterocycles. The maximum Gasteiger partial charge on any atom is 0.375 e. The van der Waals surface area contributed by atoms with E-state index in [-0.39, 0.29) is 6.54 Å². The molecule has 0 amide bonds. The Balaban J connectivity index is 2.44. The summed E-state index contributed by atoms with van der Waals surface area (Å²) >= 11 is 0. The predicted molar refractivity (Wildman–Crippen MR) is 50.4 cm³/mol. The molecule has 0 aliphatic carbocycles. The highest BCUT2D eigenvalue weighted by Gasteiger charge is 2.34. The lowest BCUT2D eigenvalue weighted by Crippen LogP contribution is -2.24. The summed E-state index contributed by atoms with van der Waals surface area (Å²) in [6.07, 6.45) is 0. The topological polar surface area (TPSA) is 37.4 Å². The number of hydrogen-bond donors (Lipinski definition) is 0. The number of hydrogen-bond acceptors (Lipinski definition) is 2. The van der Waals surface area contributed by atoms with Crippen LogP contribution in [-0.2, 0) is 17.0 Å². The highest BCUT2D eigenvalue weighted by Crippen LogP contribution is 2.35. The Morgan fingerprint density at radius 3 is 2.64 bits per heavy atom. The lowest BCUT2D eigenvalue weighted by molar-refractivity contribution is 0.347. The second-order valence-corrected chi connectivity index (χ2v) is 4.66. The summed E-state index contributed by atoms with van der Waals surface area (Å²) in [4.78, 5) is 0. The minimum Gasteiger partial charge on any atom is -0.177 e. The van der Waals surface area contributed by atoms with Crippen LogP contribution in [0, 0.1) is 0 Å². The van der Waals surface area contributed by atoms with E-state index in [2.05, 4.69) is 0 Å². The van der Waals surface area contributed by atoms with Gasteiger partial charge in [-0.3, -0.25) is 0 Å². The summed E-state index contributed by atoms with van der Waals surface area (Å²) in [5, 5.41) is 0. The third-order valence-electron chi connectivity index (χ3n) is 2.54. The van der Waals surface area contributed by atoms with Gasteiger partial charge < -0.3 is 0 Å². The molecule has 1 aliphatic rings. The average molecular weight is 215 g/mol. The zero-order valence-electron chi connectivity index (χ0n) is 7.64. The van der Waals surface area contributed by atoms with Crippen LogP contribution in [0.2, 0.25) is 0 Å². The number of benzene rings is 1. The molecule has 76 valence electrons. The number of nitrogens with zero attached hydrogens (tertiary/aromatic N) is 1. The lowest BCUT2D eigenvalue weighted by atomic mass is 10.1. The van der Waals surface area contributed by atoms with E-state index in [0.29, 0.717) is 0 Å². The molecule has 5 heteroatoms. The first kappa shape index (κ1) is 9.61. The molecule has 0 fully saturated rings. The smallest absolute Gasteiger partial charge is 0.177 e. The molecule has 1 atom stereocenters. The first-order chi connectivity index (χ1) is 6.50. The Bertz CT molecular complexity index is 458. The molecule has 0 saturated carbocycles. The fourth-order valence-corrected chi connectivity index (χ4v) is 2.60. The first-order valence-electron chi connectivity index (χ1n) is 4.29. The van der Waals surface area contributed by atoms with Crippen molar-refractivity contribution in [3.05, 3.63) is 35.4 Å². The zero-order valence-corrected chi connectivity index (χ0v) is 8.46. The van der Waals surface area contributed by atoms with E-state index >= 15 is 0 Å². The van der Waals surface area contributed by atoms with Crippen molar-refractivity contribution in [1.82, 2.24) is 4.31 Å². The van der Waals surface area contributed by atoms with Crippen molar-refractivity contribution in [2.45, 2.75) is 19.5 Å². The Hall–Kier alpha value is -0.940. The van der Waals surface area contributed by atoms with Gasteiger partial charge in [0.25, 0.3) is 0 Å². The van der Waals surface area contributed by atoms with Crippen molar-refractivity contribution in [3.8, 4) is 0 Å². The monoisotopic (exact) mass is 215 g/mol. The Morgan fingerprint density at radius 2 is 2.07 bits per heavy atom. The molecule has 1 aromatic carbocycles. The maximum absolute atomic E-state index is 12.8. The van der Waals surface area contributed by atoms with Gasteiger partial charge in [0, 0.05) is 6.54 Å². The summed E-state index contributed by atoms with van der Waals surface area (Å²) in [7, 11) is -4.59. The van der Waals surface area contributed by atoms with Gasteiger partial charge in [0.1, 0.15) is 0 Å². The third kappa shape index (κ3) is 1.42. The van der Waals surface area contributed by atoms with Crippen LogP contribution in [0.3, 0.4) is 0 Å². The van der Waals surface area contributed by atoms with Gasteiger partial charge in [0.05, 0.1) is 6.04 Å². The van der Waals surface area contributed by atoms with Gasteiger partial charge in [-0.15, -0.1) is 0 Å². The molecule has 2 rings (SSSR count). The largest absolute Gasteiger partial charge is 0.375 e. The van der Waals surface area contributed by atoms with Crippen molar-refractivity contribution in [3.63, 3.8) is 0 Å². The molecule has 14 heavy (non-hydrogen) atoms. The van der Waals surface area contributed by atoms with Gasteiger partial charge in [-0.2, -0.15) is 12.7 Å². The van der Waals surface area contributed by atoms with E-state index in [1.165, 1.54) is 0 Å². The van der Waals surface area contributed by atoms with E-state index in [4.69, 9.17) is 0 Å². The average Bonchev–Trinajstić information content (AvgIpc) is 2.44. The van der Waals surface area contributed by atoms with Crippen LogP contribution in [0.15, 0.2) is 24.3 Å². The van der Waals surface area contributed by atoms with Gasteiger partial charge in [0.15, 0.2) is 0 Å². The van der Waals surface area contributed by atoms with E-state index in [1.54, 1.807) is 6.92 Å². The zero-order chi connectivity index (χ0) is 10.3. The fourth-order valence-electron chi connectivity index (χ4n) is 1.81. The molecule has 3 nitrogen and oxygen atoms in total. The van der Waals surface area contributed by atoms with Crippen LogP contribution < -0.4 is 0 Å². The van der Waals surface area contributed by atoms with Crippen LogP contribution in [0.4, 0.5) is 3.89 Å². The molecule has 0 N–H and O–H groups in total. The highest BCUT2D eigenvalue weighted by molar-refractivity contribution is 7.83. The van der Waals surface area contributed by atoms with E-state index in [9.17, 15) is 12.3 Å². The van der Waals surface area contributed by atoms with Gasteiger partial charge in [-0.1, -0.05) is 28.2 Å². The molecule has 1 aromatic rings. The van der Waals surface area contributed by atoms with Crippen molar-refractivity contribution in [2.75, 3.05) is 0 Å². The quantitative estimate of drug-likeness (QED) is 0.669. The molecule has 0 radical (unpaired) electrons. The fraction of sp³-hybridized carbons (Fsp3) is 0.333. The van der Waals surface area contributed by atoms with Crippen molar-refractivity contribution in [2.24, 2.45) is 0 Å². The predicted octanol–water partition coefficient (Wildman–Crippen LogP) is 1.78. The van der Waals surface area contributed by atoms with Crippen LogP contribution >= 0.6 is 0 Å². The van der Waals surface area contributed by atoms with Gasteiger partial charge >= 0.3 is 10.4 Å². The molecule has 0 spiro atoms. The van der Waals surface area contributed by atoms with E-state index in [0.717, 1.165) is 15.4 Å². The van der Waals surface area contributed by atoms with E-state index in [1.807, 2.05) is 24.3 Å². The SMILES string of the molecule is CC1c2ccccc2CN1S(=O)(=O)F. The standard InChI is InChI=1S/C9H10FNO2S/c1-7-9-5-3-2-4-8(9)6-11(7)14(10,12)13/h2-5,7H,6H2,1H3. The summed E-state index contributed by atoms with van der Waals surface area (Å²) in [6.45, 7) is 1.82.